The highest BCUT2D eigenvalue weighted by Gasteiger charge is 2.38. The summed E-state index contributed by atoms with van der Waals surface area (Å²) in [6, 6.07) is 4.25. The Balaban J connectivity index is 0.00000192. The lowest BCUT2D eigenvalue weighted by Gasteiger charge is -2.45. The molecule has 23 heavy (non-hydrogen) atoms. The van der Waals surface area contributed by atoms with Gasteiger partial charge < -0.3 is 14.8 Å². The van der Waals surface area contributed by atoms with Gasteiger partial charge in [0.15, 0.2) is 5.96 Å². The average molecular weight is 448 g/mol. The first-order chi connectivity index (χ1) is 10.7. The van der Waals surface area contributed by atoms with E-state index in [1.54, 1.807) is 0 Å². The van der Waals surface area contributed by atoms with E-state index in [2.05, 4.69) is 56.9 Å². The molecule has 2 heterocycles. The van der Waals surface area contributed by atoms with E-state index in [1.165, 1.54) is 43.6 Å². The van der Waals surface area contributed by atoms with E-state index in [4.69, 9.17) is 0 Å². The number of halogens is 1. The summed E-state index contributed by atoms with van der Waals surface area (Å²) in [6.45, 7) is 3.11. The van der Waals surface area contributed by atoms with Crippen molar-refractivity contribution in [2.24, 2.45) is 12.0 Å². The van der Waals surface area contributed by atoms with Crippen molar-refractivity contribution < 1.29 is 0 Å². The van der Waals surface area contributed by atoms with Gasteiger partial charge in [-0.05, 0) is 25.0 Å². The molecule has 0 amide bonds. The Bertz CT molecular complexity index is 517. The minimum absolute atomic E-state index is 0. The third-order valence-electron chi connectivity index (χ3n) is 5.00. The molecule has 0 aromatic carbocycles. The van der Waals surface area contributed by atoms with Crippen molar-refractivity contribution in [3.63, 3.8) is 0 Å². The van der Waals surface area contributed by atoms with E-state index in [0.29, 0.717) is 4.75 Å². The predicted molar refractivity (Wildman–Crippen MR) is 111 cm³/mol. The first-order valence-corrected chi connectivity index (χ1v) is 9.41. The smallest absolute Gasteiger partial charge is 0.194 e. The van der Waals surface area contributed by atoms with E-state index in [0.717, 1.165) is 25.6 Å². The van der Waals surface area contributed by atoms with Crippen molar-refractivity contribution in [1.82, 2.24) is 14.8 Å². The highest BCUT2D eigenvalue weighted by molar-refractivity contribution is 14.0. The number of aryl methyl sites for hydroxylation is 1. The second kappa shape index (κ2) is 8.65. The van der Waals surface area contributed by atoms with Crippen molar-refractivity contribution in [3.05, 3.63) is 24.0 Å². The Kier molecular flexibility index (Phi) is 7.13. The number of guanidine groups is 1. The second-order valence-electron chi connectivity index (χ2n) is 6.52. The van der Waals surface area contributed by atoms with Gasteiger partial charge in [0, 0.05) is 49.6 Å². The van der Waals surface area contributed by atoms with Crippen molar-refractivity contribution in [2.75, 3.05) is 25.9 Å². The lowest BCUT2D eigenvalue weighted by molar-refractivity contribution is 0.293. The first kappa shape index (κ1) is 19.0. The largest absolute Gasteiger partial charge is 0.353 e. The third kappa shape index (κ3) is 4.59. The molecule has 1 aromatic heterocycles. The van der Waals surface area contributed by atoms with Crippen molar-refractivity contribution >= 4 is 41.7 Å². The fraction of sp³-hybridized carbons (Fsp3) is 0.706. The number of nitrogens with zero attached hydrogens (tertiary/aromatic N) is 3. The average Bonchev–Trinajstić information content (AvgIpc) is 2.94. The summed E-state index contributed by atoms with van der Waals surface area (Å²) in [4.78, 5) is 7.01. The van der Waals surface area contributed by atoms with Crippen LogP contribution in [0.5, 0.6) is 0 Å². The molecule has 1 N–H and O–H groups in total. The molecule has 1 spiro atoms. The fourth-order valence-electron chi connectivity index (χ4n) is 3.71. The zero-order valence-electron chi connectivity index (χ0n) is 14.3. The van der Waals surface area contributed by atoms with Gasteiger partial charge in [0.05, 0.1) is 6.54 Å². The van der Waals surface area contributed by atoms with Crippen LogP contribution in [0.25, 0.3) is 0 Å². The van der Waals surface area contributed by atoms with Gasteiger partial charge in [-0.1, -0.05) is 19.3 Å². The zero-order chi connectivity index (χ0) is 15.4. The quantitative estimate of drug-likeness (QED) is 0.427. The number of nitrogens with one attached hydrogen (secondary N) is 1. The molecule has 6 heteroatoms. The molecule has 3 rings (SSSR count). The van der Waals surface area contributed by atoms with Crippen LogP contribution in [0.2, 0.25) is 0 Å². The molecular formula is C17H29IN4S. The predicted octanol–water partition coefficient (Wildman–Crippen LogP) is 3.47. The van der Waals surface area contributed by atoms with Crippen LogP contribution in [0, 0.1) is 0 Å². The second-order valence-corrected chi connectivity index (χ2v) is 8.09. The molecule has 0 bridgehead atoms. The Hall–Kier alpha value is -0.370. The van der Waals surface area contributed by atoms with Crippen LogP contribution in [0.4, 0.5) is 0 Å². The normalized spacial score (nSPS) is 21.1. The molecule has 130 valence electrons. The highest BCUT2D eigenvalue weighted by Crippen LogP contribution is 2.42. The Morgan fingerprint density at radius 3 is 2.78 bits per heavy atom. The number of rotatable bonds is 2. The van der Waals surface area contributed by atoms with E-state index in [1.807, 2.05) is 7.05 Å². The van der Waals surface area contributed by atoms with Gasteiger partial charge in [-0.15, -0.1) is 24.0 Å². The summed E-state index contributed by atoms with van der Waals surface area (Å²) < 4.78 is 2.65. The van der Waals surface area contributed by atoms with Crippen LogP contribution >= 0.6 is 35.7 Å². The number of hydrogen-bond acceptors (Lipinski definition) is 2. The van der Waals surface area contributed by atoms with Crippen molar-refractivity contribution in [3.8, 4) is 0 Å². The zero-order valence-corrected chi connectivity index (χ0v) is 17.4. The van der Waals surface area contributed by atoms with Gasteiger partial charge in [-0.3, -0.25) is 4.99 Å². The first-order valence-electron chi connectivity index (χ1n) is 8.42. The fourth-order valence-corrected chi connectivity index (χ4v) is 5.28. The minimum Gasteiger partial charge on any atom is -0.353 e. The number of aromatic nitrogens is 1. The van der Waals surface area contributed by atoms with E-state index in [9.17, 15) is 0 Å². The Labute approximate surface area is 161 Å². The number of hydrogen-bond donors (Lipinski definition) is 1. The van der Waals surface area contributed by atoms with Crippen LogP contribution in [-0.2, 0) is 13.6 Å². The topological polar surface area (TPSA) is 32.6 Å². The van der Waals surface area contributed by atoms with Gasteiger partial charge in [-0.2, -0.15) is 11.8 Å². The maximum atomic E-state index is 4.53. The van der Waals surface area contributed by atoms with Gasteiger partial charge >= 0.3 is 0 Å². The SMILES string of the molecule is CN=C(NCc1cccn1C)N1CCSC2(CCCCC2)C1.I. The van der Waals surface area contributed by atoms with Gasteiger partial charge in [-0.25, -0.2) is 0 Å². The van der Waals surface area contributed by atoms with E-state index >= 15 is 0 Å². The van der Waals surface area contributed by atoms with Crippen molar-refractivity contribution in [1.29, 1.82) is 0 Å². The van der Waals surface area contributed by atoms with Crippen LogP contribution in [0.1, 0.15) is 37.8 Å². The summed E-state index contributed by atoms with van der Waals surface area (Å²) in [7, 11) is 4.00. The molecule has 2 fully saturated rings. The molecule has 0 atom stereocenters. The van der Waals surface area contributed by atoms with Crippen LogP contribution in [0.15, 0.2) is 23.3 Å². The summed E-state index contributed by atoms with van der Waals surface area (Å²) >= 11 is 2.21. The molecule has 0 unspecified atom stereocenters. The van der Waals surface area contributed by atoms with Crippen molar-refractivity contribution in [2.45, 2.75) is 43.4 Å². The monoisotopic (exact) mass is 448 g/mol. The summed E-state index contributed by atoms with van der Waals surface area (Å²) in [5.74, 6) is 2.29. The third-order valence-corrected chi connectivity index (χ3v) is 6.54. The summed E-state index contributed by atoms with van der Waals surface area (Å²) in [6.07, 6.45) is 9.06. The maximum absolute atomic E-state index is 4.53. The molecular weight excluding hydrogens is 419 g/mol. The summed E-state index contributed by atoms with van der Waals surface area (Å²) in [5, 5.41) is 3.55. The molecule has 2 aliphatic rings. The van der Waals surface area contributed by atoms with E-state index < -0.39 is 0 Å². The summed E-state index contributed by atoms with van der Waals surface area (Å²) in [5.41, 5.74) is 1.29. The van der Waals surface area contributed by atoms with Crippen LogP contribution in [0.3, 0.4) is 0 Å². The molecule has 1 aliphatic heterocycles. The van der Waals surface area contributed by atoms with Crippen LogP contribution < -0.4 is 5.32 Å². The number of thioether (sulfide) groups is 1. The van der Waals surface area contributed by atoms with Gasteiger partial charge in [0.25, 0.3) is 0 Å². The standard InChI is InChI=1S/C17H28N4S.HI/c1-18-16(19-13-15-7-6-10-20(15)2)21-11-12-22-17(14-21)8-4-3-5-9-17;/h6-7,10H,3-5,8-9,11-14H2,1-2H3,(H,18,19);1H. The lowest BCUT2D eigenvalue weighted by atomic mass is 9.87. The van der Waals surface area contributed by atoms with Crippen LogP contribution in [-0.4, -0.2) is 46.1 Å². The lowest BCUT2D eigenvalue weighted by Crippen LogP contribution is -2.53. The molecule has 4 nitrogen and oxygen atoms in total. The Morgan fingerprint density at radius 1 is 1.35 bits per heavy atom. The molecule has 1 saturated heterocycles. The molecule has 1 aromatic rings. The highest BCUT2D eigenvalue weighted by atomic mass is 127. The van der Waals surface area contributed by atoms with Gasteiger partial charge in [0.1, 0.15) is 0 Å². The molecule has 0 radical (unpaired) electrons. The molecule has 1 aliphatic carbocycles. The van der Waals surface area contributed by atoms with E-state index in [-0.39, 0.29) is 24.0 Å². The minimum atomic E-state index is 0. The maximum Gasteiger partial charge on any atom is 0.194 e. The number of aliphatic imine (C=N–C) groups is 1. The Morgan fingerprint density at radius 2 is 2.13 bits per heavy atom. The van der Waals surface area contributed by atoms with Gasteiger partial charge in [0.2, 0.25) is 0 Å². The molecule has 1 saturated carbocycles.